The zero-order valence-corrected chi connectivity index (χ0v) is 10.9. The second-order valence-corrected chi connectivity index (χ2v) is 5.29. The van der Waals surface area contributed by atoms with Crippen molar-refractivity contribution in [2.24, 2.45) is 5.92 Å². The Hall–Kier alpha value is -0.580. The molecule has 2 rings (SSSR count). The van der Waals surface area contributed by atoms with Gasteiger partial charge in [-0.15, -0.1) is 0 Å². The van der Waals surface area contributed by atoms with Crippen LogP contribution in [0.25, 0.3) is 0 Å². The highest BCUT2D eigenvalue weighted by Crippen LogP contribution is 2.22. The van der Waals surface area contributed by atoms with Gasteiger partial charge in [-0.25, -0.2) is 0 Å². The average Bonchev–Trinajstić information content (AvgIpc) is 2.22. The minimum Gasteiger partial charge on any atom is -0.370 e. The third-order valence-electron chi connectivity index (χ3n) is 2.85. The van der Waals surface area contributed by atoms with E-state index < -0.39 is 0 Å². The summed E-state index contributed by atoms with van der Waals surface area (Å²) in [6.07, 6.45) is 0.687. The number of halogens is 1. The third-order valence-corrected chi connectivity index (χ3v) is 3.52. The summed E-state index contributed by atoms with van der Waals surface area (Å²) >= 11 is 2.32. The van der Waals surface area contributed by atoms with E-state index in [1.807, 2.05) is 6.92 Å². The normalized spacial score (nSPS) is 21.9. The van der Waals surface area contributed by atoms with Crippen molar-refractivity contribution in [2.75, 3.05) is 18.0 Å². The highest BCUT2D eigenvalue weighted by Gasteiger charge is 2.23. The van der Waals surface area contributed by atoms with Crippen molar-refractivity contribution in [3.8, 4) is 0 Å². The van der Waals surface area contributed by atoms with Crippen LogP contribution in [-0.2, 0) is 4.79 Å². The fourth-order valence-electron chi connectivity index (χ4n) is 1.92. The van der Waals surface area contributed by atoms with E-state index in [2.05, 4.69) is 51.8 Å². The van der Waals surface area contributed by atoms with E-state index in [-0.39, 0.29) is 5.92 Å². The number of benzene rings is 1. The molecule has 1 aliphatic heterocycles. The van der Waals surface area contributed by atoms with Gasteiger partial charge in [-0.1, -0.05) is 13.0 Å². The molecule has 1 unspecified atom stereocenters. The number of piperidine rings is 1. The van der Waals surface area contributed by atoms with Crippen LogP contribution >= 0.6 is 22.6 Å². The Morgan fingerprint density at radius 2 is 2.27 bits per heavy atom. The summed E-state index contributed by atoms with van der Waals surface area (Å²) < 4.78 is 1.25. The summed E-state index contributed by atoms with van der Waals surface area (Å²) in [5.41, 5.74) is 1.24. The molecule has 0 spiro atoms. The monoisotopic (exact) mass is 315 g/mol. The van der Waals surface area contributed by atoms with Crippen LogP contribution in [0.3, 0.4) is 0 Å². The number of rotatable bonds is 1. The van der Waals surface area contributed by atoms with Crippen molar-refractivity contribution in [3.63, 3.8) is 0 Å². The molecule has 0 saturated carbocycles. The quantitative estimate of drug-likeness (QED) is 0.743. The van der Waals surface area contributed by atoms with Crippen LogP contribution in [-0.4, -0.2) is 18.9 Å². The maximum absolute atomic E-state index is 11.4. The Bertz CT molecular complexity index is 378. The fraction of sp³-hybridized carbons (Fsp3) is 0.417. The summed E-state index contributed by atoms with van der Waals surface area (Å²) in [7, 11) is 0. The summed E-state index contributed by atoms with van der Waals surface area (Å²) in [5.74, 6) is 0.577. The van der Waals surface area contributed by atoms with Gasteiger partial charge in [0.15, 0.2) is 0 Å². The predicted octanol–water partition coefficient (Wildman–Crippen LogP) is 2.71. The Balaban J connectivity index is 2.15. The van der Waals surface area contributed by atoms with Crippen molar-refractivity contribution in [2.45, 2.75) is 13.3 Å². The molecule has 1 aromatic carbocycles. The van der Waals surface area contributed by atoms with Gasteiger partial charge >= 0.3 is 0 Å². The second-order valence-electron chi connectivity index (χ2n) is 4.04. The van der Waals surface area contributed by atoms with Crippen LogP contribution in [0.2, 0.25) is 0 Å². The Kier molecular flexibility index (Phi) is 3.29. The second kappa shape index (κ2) is 4.51. The number of carbonyl (C=O) groups is 1. The lowest BCUT2D eigenvalue weighted by Gasteiger charge is -2.32. The minimum absolute atomic E-state index is 0.177. The largest absolute Gasteiger partial charge is 0.370 e. The molecule has 1 atom stereocenters. The smallest absolute Gasteiger partial charge is 0.139 e. The van der Waals surface area contributed by atoms with Gasteiger partial charge in [-0.2, -0.15) is 0 Å². The van der Waals surface area contributed by atoms with Gasteiger partial charge < -0.3 is 4.90 Å². The summed E-state index contributed by atoms with van der Waals surface area (Å²) in [6.45, 7) is 3.74. The van der Waals surface area contributed by atoms with E-state index in [4.69, 9.17) is 0 Å². The van der Waals surface area contributed by atoms with Crippen molar-refractivity contribution in [3.05, 3.63) is 27.8 Å². The first-order valence-corrected chi connectivity index (χ1v) is 6.28. The number of anilines is 1. The lowest BCUT2D eigenvalue weighted by molar-refractivity contribution is -0.122. The molecule has 15 heavy (non-hydrogen) atoms. The number of Topliss-reactive ketones (excluding diaryl/α,β-unsaturated/α-hetero) is 1. The van der Waals surface area contributed by atoms with E-state index in [1.165, 1.54) is 9.26 Å². The zero-order valence-electron chi connectivity index (χ0n) is 8.74. The number of nitrogens with zero attached hydrogens (tertiary/aromatic N) is 1. The summed E-state index contributed by atoms with van der Waals surface area (Å²) in [5, 5.41) is 0. The highest BCUT2D eigenvalue weighted by molar-refractivity contribution is 14.1. The molecule has 0 N–H and O–H groups in total. The molecule has 3 heteroatoms. The van der Waals surface area contributed by atoms with Gasteiger partial charge in [0, 0.05) is 34.7 Å². The van der Waals surface area contributed by atoms with Gasteiger partial charge in [-0.3, -0.25) is 4.79 Å². The molecule has 1 aromatic rings. The van der Waals surface area contributed by atoms with Gasteiger partial charge in [0.05, 0.1) is 0 Å². The van der Waals surface area contributed by atoms with Crippen LogP contribution in [0, 0.1) is 9.49 Å². The Morgan fingerprint density at radius 3 is 2.93 bits per heavy atom. The fourth-order valence-corrected chi connectivity index (χ4v) is 2.45. The third kappa shape index (κ3) is 2.51. The molecule has 80 valence electrons. The number of hydrogen-bond donors (Lipinski definition) is 0. The van der Waals surface area contributed by atoms with Crippen molar-refractivity contribution in [1.82, 2.24) is 0 Å². The van der Waals surface area contributed by atoms with E-state index in [1.54, 1.807) is 0 Å². The van der Waals surface area contributed by atoms with E-state index in [0.717, 1.165) is 13.1 Å². The number of carbonyl (C=O) groups excluding carboxylic acids is 1. The van der Waals surface area contributed by atoms with Gasteiger partial charge in [0.1, 0.15) is 5.78 Å². The number of ketones is 1. The molecule has 2 nitrogen and oxygen atoms in total. The molecular formula is C12H14INO. The molecule has 1 fully saturated rings. The lowest BCUT2D eigenvalue weighted by atomic mass is 9.98. The van der Waals surface area contributed by atoms with Crippen LogP contribution < -0.4 is 4.90 Å². The topological polar surface area (TPSA) is 20.3 Å². The van der Waals surface area contributed by atoms with E-state index in [0.29, 0.717) is 12.2 Å². The Labute approximate surface area is 104 Å². The van der Waals surface area contributed by atoms with E-state index in [9.17, 15) is 4.79 Å². The SMILES string of the molecule is CC1CN(c2cccc(I)c2)CCC1=O. The first kappa shape index (κ1) is 10.9. The van der Waals surface area contributed by atoms with Crippen LogP contribution in [0.15, 0.2) is 24.3 Å². The van der Waals surface area contributed by atoms with Crippen LogP contribution in [0.4, 0.5) is 5.69 Å². The minimum atomic E-state index is 0.177. The first-order valence-electron chi connectivity index (χ1n) is 5.20. The first-order chi connectivity index (χ1) is 7.16. The lowest BCUT2D eigenvalue weighted by Crippen LogP contribution is -2.39. The molecule has 0 aromatic heterocycles. The molecule has 1 saturated heterocycles. The molecular weight excluding hydrogens is 301 g/mol. The van der Waals surface area contributed by atoms with Gasteiger partial charge in [0.25, 0.3) is 0 Å². The standard InChI is InChI=1S/C12H14INO/c1-9-8-14(6-5-12(9)15)11-4-2-3-10(13)7-11/h2-4,7,9H,5-6,8H2,1H3. The maximum atomic E-state index is 11.4. The van der Waals surface area contributed by atoms with Crippen LogP contribution in [0.1, 0.15) is 13.3 Å². The predicted molar refractivity (Wildman–Crippen MR) is 70.2 cm³/mol. The highest BCUT2D eigenvalue weighted by atomic mass is 127. The van der Waals surface area contributed by atoms with Crippen LogP contribution in [0.5, 0.6) is 0 Å². The molecule has 0 aliphatic carbocycles. The molecule has 1 aliphatic rings. The molecule has 1 heterocycles. The average molecular weight is 315 g/mol. The summed E-state index contributed by atoms with van der Waals surface area (Å²) in [4.78, 5) is 13.7. The van der Waals surface area contributed by atoms with E-state index >= 15 is 0 Å². The molecule has 0 bridgehead atoms. The summed E-state index contributed by atoms with van der Waals surface area (Å²) in [6, 6.07) is 8.44. The zero-order chi connectivity index (χ0) is 10.8. The number of hydrogen-bond acceptors (Lipinski definition) is 2. The Morgan fingerprint density at radius 1 is 1.47 bits per heavy atom. The maximum Gasteiger partial charge on any atom is 0.139 e. The van der Waals surface area contributed by atoms with Gasteiger partial charge in [0.2, 0.25) is 0 Å². The molecule has 0 radical (unpaired) electrons. The van der Waals surface area contributed by atoms with Crippen molar-refractivity contribution >= 4 is 34.1 Å². The van der Waals surface area contributed by atoms with Gasteiger partial charge in [-0.05, 0) is 40.8 Å². The molecule has 0 amide bonds. The van der Waals surface area contributed by atoms with Crippen molar-refractivity contribution < 1.29 is 4.79 Å². The van der Waals surface area contributed by atoms with Crippen molar-refractivity contribution in [1.29, 1.82) is 0 Å².